The Balaban J connectivity index is 1.77. The summed E-state index contributed by atoms with van der Waals surface area (Å²) in [5.41, 5.74) is 3.15. The lowest BCUT2D eigenvalue weighted by atomic mass is 9.92. The molecule has 2 atom stereocenters. The first-order valence-electron chi connectivity index (χ1n) is 8.62. The normalized spacial score (nSPS) is 27.5. The van der Waals surface area contributed by atoms with Crippen molar-refractivity contribution in [3.05, 3.63) is 35.4 Å². The topological polar surface area (TPSA) is 15.3 Å². The summed E-state index contributed by atoms with van der Waals surface area (Å²) in [5.74, 6) is 1.43. The van der Waals surface area contributed by atoms with E-state index >= 15 is 0 Å². The van der Waals surface area contributed by atoms with E-state index in [1.807, 2.05) is 0 Å². The van der Waals surface area contributed by atoms with Crippen LogP contribution in [-0.4, -0.2) is 36.1 Å². The van der Waals surface area contributed by atoms with Gasteiger partial charge in [-0.1, -0.05) is 52.0 Å². The lowest BCUT2D eigenvalue weighted by Gasteiger charge is -2.46. The number of fused-ring (bicyclic) bond motifs is 1. The van der Waals surface area contributed by atoms with Gasteiger partial charge in [0.05, 0.1) is 0 Å². The maximum atomic E-state index is 3.78. The second kappa shape index (κ2) is 6.10. The van der Waals surface area contributed by atoms with Crippen molar-refractivity contribution in [3.8, 4) is 0 Å². The fourth-order valence-electron chi connectivity index (χ4n) is 4.07. The van der Waals surface area contributed by atoms with Crippen LogP contribution in [0.3, 0.4) is 0 Å². The molecule has 1 saturated heterocycles. The average Bonchev–Trinajstić information content (AvgIpc) is 2.90. The molecule has 0 bridgehead atoms. The predicted molar refractivity (Wildman–Crippen MR) is 89.6 cm³/mol. The Kier molecular flexibility index (Phi) is 4.37. The minimum Gasteiger partial charge on any atom is -0.311 e. The zero-order valence-corrected chi connectivity index (χ0v) is 14.0. The van der Waals surface area contributed by atoms with Gasteiger partial charge in [-0.3, -0.25) is 4.90 Å². The van der Waals surface area contributed by atoms with Crippen molar-refractivity contribution in [2.24, 2.45) is 11.8 Å². The number of nitrogens with zero attached hydrogens (tertiary/aromatic N) is 1. The van der Waals surface area contributed by atoms with E-state index in [0.29, 0.717) is 30.0 Å². The van der Waals surface area contributed by atoms with Gasteiger partial charge in [-0.05, 0) is 35.8 Å². The van der Waals surface area contributed by atoms with Crippen molar-refractivity contribution in [3.63, 3.8) is 0 Å². The Morgan fingerprint density at radius 1 is 1.00 bits per heavy atom. The van der Waals surface area contributed by atoms with Gasteiger partial charge in [-0.25, -0.2) is 0 Å². The first kappa shape index (κ1) is 15.1. The van der Waals surface area contributed by atoms with Crippen LogP contribution in [0.1, 0.15) is 38.8 Å². The van der Waals surface area contributed by atoms with Crippen LogP contribution in [-0.2, 0) is 12.8 Å². The lowest BCUT2D eigenvalue weighted by molar-refractivity contribution is 0.0488. The molecule has 1 aromatic carbocycles. The van der Waals surface area contributed by atoms with E-state index in [-0.39, 0.29) is 0 Å². The standard InChI is InChI=1S/C19H30N2/c1-13(2)18-12-21(19(11-20-18)14(3)4)17-9-15-7-5-6-8-16(15)10-17/h5-8,13-14,17-20H,9-12H2,1-4H3. The summed E-state index contributed by atoms with van der Waals surface area (Å²) in [6.07, 6.45) is 2.48. The van der Waals surface area contributed by atoms with Crippen LogP contribution in [0.2, 0.25) is 0 Å². The van der Waals surface area contributed by atoms with Gasteiger partial charge < -0.3 is 5.32 Å². The fourth-order valence-corrected chi connectivity index (χ4v) is 4.07. The molecule has 0 radical (unpaired) electrons. The van der Waals surface area contributed by atoms with Gasteiger partial charge in [0.15, 0.2) is 0 Å². The van der Waals surface area contributed by atoms with Crippen molar-refractivity contribution in [2.45, 2.75) is 58.7 Å². The average molecular weight is 286 g/mol. The molecule has 116 valence electrons. The third-order valence-electron chi connectivity index (χ3n) is 5.50. The first-order chi connectivity index (χ1) is 10.1. The van der Waals surface area contributed by atoms with E-state index in [4.69, 9.17) is 0 Å². The lowest BCUT2D eigenvalue weighted by Crippen LogP contribution is -2.62. The molecule has 0 spiro atoms. The molecule has 0 saturated carbocycles. The van der Waals surface area contributed by atoms with Gasteiger partial charge in [0.25, 0.3) is 0 Å². The van der Waals surface area contributed by atoms with Crippen molar-refractivity contribution in [1.82, 2.24) is 10.2 Å². The zero-order valence-electron chi connectivity index (χ0n) is 14.0. The number of piperazine rings is 1. The smallest absolute Gasteiger partial charge is 0.0247 e. The summed E-state index contributed by atoms with van der Waals surface area (Å²) < 4.78 is 0. The maximum absolute atomic E-state index is 3.78. The molecule has 1 N–H and O–H groups in total. The highest BCUT2D eigenvalue weighted by molar-refractivity contribution is 5.33. The minimum atomic E-state index is 0.642. The monoisotopic (exact) mass is 286 g/mol. The van der Waals surface area contributed by atoms with E-state index in [1.54, 1.807) is 11.1 Å². The van der Waals surface area contributed by atoms with E-state index in [9.17, 15) is 0 Å². The van der Waals surface area contributed by atoms with Crippen molar-refractivity contribution in [1.29, 1.82) is 0 Å². The summed E-state index contributed by atoms with van der Waals surface area (Å²) in [5, 5.41) is 3.78. The van der Waals surface area contributed by atoms with Crippen molar-refractivity contribution >= 4 is 0 Å². The Labute approximate surface area is 129 Å². The minimum absolute atomic E-state index is 0.642. The molecule has 2 nitrogen and oxygen atoms in total. The van der Waals surface area contributed by atoms with Crippen LogP contribution >= 0.6 is 0 Å². The molecule has 1 fully saturated rings. The maximum Gasteiger partial charge on any atom is 0.0247 e. The Morgan fingerprint density at radius 3 is 2.14 bits per heavy atom. The van der Waals surface area contributed by atoms with Crippen molar-refractivity contribution < 1.29 is 0 Å². The Bertz CT molecular complexity index is 455. The molecule has 2 heteroatoms. The number of hydrogen-bond donors (Lipinski definition) is 1. The number of nitrogens with one attached hydrogen (secondary N) is 1. The number of hydrogen-bond acceptors (Lipinski definition) is 2. The molecule has 1 aliphatic heterocycles. The molecule has 1 heterocycles. The molecule has 21 heavy (non-hydrogen) atoms. The van der Waals surface area contributed by atoms with Gasteiger partial charge >= 0.3 is 0 Å². The van der Waals surface area contributed by atoms with Crippen LogP contribution in [0.25, 0.3) is 0 Å². The van der Waals surface area contributed by atoms with E-state index < -0.39 is 0 Å². The SMILES string of the molecule is CC(C)C1CN(C2Cc3ccccc3C2)C(C(C)C)CN1. The number of rotatable bonds is 3. The quantitative estimate of drug-likeness (QED) is 0.918. The van der Waals surface area contributed by atoms with Gasteiger partial charge in [0.2, 0.25) is 0 Å². The van der Waals surface area contributed by atoms with E-state index in [0.717, 1.165) is 6.54 Å². The Hall–Kier alpha value is -0.860. The highest BCUT2D eigenvalue weighted by Gasteiger charge is 2.37. The molecule has 1 aromatic rings. The molecular formula is C19H30N2. The van der Waals surface area contributed by atoms with Crippen LogP contribution in [0.4, 0.5) is 0 Å². The van der Waals surface area contributed by atoms with Crippen LogP contribution < -0.4 is 5.32 Å². The third-order valence-corrected chi connectivity index (χ3v) is 5.50. The van der Waals surface area contributed by atoms with Crippen LogP contribution in [0.5, 0.6) is 0 Å². The second-order valence-electron chi connectivity index (χ2n) is 7.60. The summed E-state index contributed by atoms with van der Waals surface area (Å²) >= 11 is 0. The predicted octanol–water partition coefficient (Wildman–Crippen LogP) is 3.11. The summed E-state index contributed by atoms with van der Waals surface area (Å²) in [7, 11) is 0. The number of benzene rings is 1. The highest BCUT2D eigenvalue weighted by Crippen LogP contribution is 2.30. The van der Waals surface area contributed by atoms with Crippen LogP contribution in [0, 0.1) is 11.8 Å². The molecule has 0 aromatic heterocycles. The van der Waals surface area contributed by atoms with Gasteiger partial charge in [0, 0.05) is 31.2 Å². The van der Waals surface area contributed by atoms with Crippen molar-refractivity contribution in [2.75, 3.05) is 13.1 Å². The highest BCUT2D eigenvalue weighted by atomic mass is 15.3. The molecule has 2 aliphatic rings. The fraction of sp³-hybridized carbons (Fsp3) is 0.684. The molecule has 0 amide bonds. The second-order valence-corrected chi connectivity index (χ2v) is 7.60. The third kappa shape index (κ3) is 3.02. The molecule has 3 rings (SSSR count). The summed E-state index contributed by atoms with van der Waals surface area (Å²) in [4.78, 5) is 2.83. The van der Waals surface area contributed by atoms with E-state index in [2.05, 4.69) is 62.2 Å². The summed E-state index contributed by atoms with van der Waals surface area (Å²) in [6, 6.07) is 11.1. The summed E-state index contributed by atoms with van der Waals surface area (Å²) in [6.45, 7) is 11.8. The zero-order chi connectivity index (χ0) is 15.0. The Morgan fingerprint density at radius 2 is 1.62 bits per heavy atom. The molecule has 2 unspecified atom stereocenters. The van der Waals surface area contributed by atoms with Crippen LogP contribution in [0.15, 0.2) is 24.3 Å². The molecular weight excluding hydrogens is 256 g/mol. The van der Waals surface area contributed by atoms with Gasteiger partial charge in [-0.2, -0.15) is 0 Å². The largest absolute Gasteiger partial charge is 0.311 e. The van der Waals surface area contributed by atoms with Gasteiger partial charge in [0.1, 0.15) is 0 Å². The van der Waals surface area contributed by atoms with E-state index in [1.165, 1.54) is 19.4 Å². The first-order valence-corrected chi connectivity index (χ1v) is 8.62. The van der Waals surface area contributed by atoms with Gasteiger partial charge in [-0.15, -0.1) is 0 Å². The molecule has 1 aliphatic carbocycles.